The Morgan fingerprint density at radius 1 is 1.07 bits per heavy atom. The Hall–Kier alpha value is -1.84. The highest BCUT2D eigenvalue weighted by molar-refractivity contribution is 7.88. The predicted molar refractivity (Wildman–Crippen MR) is 107 cm³/mol. The summed E-state index contributed by atoms with van der Waals surface area (Å²) in [6.07, 6.45) is 12.6. The SMILES string of the molecule is Cn1ccnc1-c1cnc(C[C@H]2CCN(C3CCN(S(C)(=O)=O)CC3)C2)cn1. The van der Waals surface area contributed by atoms with E-state index in [-0.39, 0.29) is 0 Å². The first kappa shape index (κ1) is 19.5. The van der Waals surface area contributed by atoms with Gasteiger partial charge in [0.05, 0.1) is 18.1 Å². The van der Waals surface area contributed by atoms with Gasteiger partial charge < -0.3 is 4.57 Å². The van der Waals surface area contributed by atoms with Crippen molar-refractivity contribution in [1.29, 1.82) is 0 Å². The second-order valence-corrected chi connectivity index (χ2v) is 9.98. The fourth-order valence-electron chi connectivity index (χ4n) is 4.38. The van der Waals surface area contributed by atoms with Crippen LogP contribution in [0.5, 0.6) is 0 Å². The van der Waals surface area contributed by atoms with Crippen LogP contribution in [0.2, 0.25) is 0 Å². The third-order valence-corrected chi connectivity index (χ3v) is 7.28. The molecule has 2 saturated heterocycles. The van der Waals surface area contributed by atoms with E-state index in [2.05, 4.69) is 19.9 Å². The second kappa shape index (κ2) is 7.88. The molecule has 0 radical (unpaired) electrons. The van der Waals surface area contributed by atoms with Gasteiger partial charge in [0.15, 0.2) is 5.82 Å². The van der Waals surface area contributed by atoms with Crippen LogP contribution >= 0.6 is 0 Å². The zero-order valence-corrected chi connectivity index (χ0v) is 17.3. The van der Waals surface area contributed by atoms with E-state index in [1.165, 1.54) is 6.26 Å². The maximum atomic E-state index is 11.7. The van der Waals surface area contributed by atoms with Crippen LogP contribution in [0.15, 0.2) is 24.8 Å². The lowest BCUT2D eigenvalue weighted by Crippen LogP contribution is -2.45. The molecule has 2 fully saturated rings. The van der Waals surface area contributed by atoms with Crippen LogP contribution in [0.4, 0.5) is 0 Å². The quantitative estimate of drug-likeness (QED) is 0.744. The maximum Gasteiger partial charge on any atom is 0.211 e. The van der Waals surface area contributed by atoms with Crippen LogP contribution in [0.3, 0.4) is 0 Å². The highest BCUT2D eigenvalue weighted by Crippen LogP contribution is 2.27. The number of hydrogen-bond donors (Lipinski definition) is 0. The van der Waals surface area contributed by atoms with Gasteiger partial charge in [0, 0.05) is 51.3 Å². The average Bonchev–Trinajstić information content (AvgIpc) is 3.31. The highest BCUT2D eigenvalue weighted by atomic mass is 32.2. The molecule has 0 aromatic carbocycles. The summed E-state index contributed by atoms with van der Waals surface area (Å²) in [5.41, 5.74) is 1.82. The summed E-state index contributed by atoms with van der Waals surface area (Å²) in [6, 6.07) is 0.500. The van der Waals surface area contributed by atoms with Crippen LogP contribution < -0.4 is 0 Å². The van der Waals surface area contributed by atoms with Crippen molar-refractivity contribution in [2.45, 2.75) is 31.7 Å². The molecule has 0 saturated carbocycles. The molecule has 2 aliphatic heterocycles. The van der Waals surface area contributed by atoms with Crippen molar-refractivity contribution in [3.8, 4) is 11.5 Å². The van der Waals surface area contributed by atoms with Gasteiger partial charge in [-0.05, 0) is 38.1 Å². The van der Waals surface area contributed by atoms with Crippen LogP contribution in [0.25, 0.3) is 11.5 Å². The molecule has 152 valence electrons. The Labute approximate surface area is 166 Å². The fraction of sp³-hybridized carbons (Fsp3) is 0.632. The van der Waals surface area contributed by atoms with Crippen molar-refractivity contribution in [1.82, 2.24) is 28.7 Å². The number of hydrogen-bond acceptors (Lipinski definition) is 6. The van der Waals surface area contributed by atoms with Gasteiger partial charge in [0.2, 0.25) is 10.0 Å². The van der Waals surface area contributed by atoms with E-state index in [4.69, 9.17) is 0 Å². The molecular weight excluding hydrogens is 376 g/mol. The minimum absolute atomic E-state index is 0.500. The summed E-state index contributed by atoms with van der Waals surface area (Å²) in [5, 5.41) is 0. The van der Waals surface area contributed by atoms with E-state index in [0.717, 1.165) is 56.0 Å². The molecule has 0 bridgehead atoms. The number of aromatic nitrogens is 4. The molecule has 8 nitrogen and oxygen atoms in total. The Balaban J connectivity index is 1.30. The smallest absolute Gasteiger partial charge is 0.211 e. The normalized spacial score (nSPS) is 22.7. The molecule has 2 aromatic rings. The van der Waals surface area contributed by atoms with Crippen molar-refractivity contribution in [2.24, 2.45) is 13.0 Å². The molecule has 0 amide bonds. The monoisotopic (exact) mass is 404 g/mol. The van der Waals surface area contributed by atoms with Gasteiger partial charge in [-0.1, -0.05) is 0 Å². The Bertz CT molecular complexity index is 903. The molecule has 0 unspecified atom stereocenters. The summed E-state index contributed by atoms with van der Waals surface area (Å²) in [6.45, 7) is 3.44. The summed E-state index contributed by atoms with van der Waals surface area (Å²) < 4.78 is 26.9. The first-order valence-corrected chi connectivity index (χ1v) is 11.7. The van der Waals surface area contributed by atoms with E-state index >= 15 is 0 Å². The summed E-state index contributed by atoms with van der Waals surface area (Å²) in [5.74, 6) is 1.41. The summed E-state index contributed by atoms with van der Waals surface area (Å²) >= 11 is 0. The predicted octanol–water partition coefficient (Wildman–Crippen LogP) is 1.17. The molecule has 4 rings (SSSR count). The average molecular weight is 405 g/mol. The Kier molecular flexibility index (Phi) is 5.48. The third kappa shape index (κ3) is 4.26. The number of imidazole rings is 1. The van der Waals surface area contributed by atoms with E-state index < -0.39 is 10.0 Å². The first-order valence-electron chi connectivity index (χ1n) is 9.88. The number of rotatable bonds is 5. The Morgan fingerprint density at radius 3 is 2.46 bits per heavy atom. The number of nitrogens with zero attached hydrogens (tertiary/aromatic N) is 6. The van der Waals surface area contributed by atoms with Crippen molar-refractivity contribution in [2.75, 3.05) is 32.4 Å². The van der Waals surface area contributed by atoms with Crippen LogP contribution in [0.1, 0.15) is 25.0 Å². The van der Waals surface area contributed by atoms with Crippen molar-refractivity contribution >= 4 is 10.0 Å². The summed E-state index contributed by atoms with van der Waals surface area (Å²) in [7, 11) is -1.10. The van der Waals surface area contributed by atoms with E-state index in [1.807, 2.05) is 30.2 Å². The standard InChI is InChI=1S/C19H28N6O2S/c1-23-10-6-20-19(23)18-13-21-16(12-22-18)11-15-3-7-24(14-15)17-4-8-25(9-5-17)28(2,26)27/h6,10,12-13,15,17H,3-5,7-9,11,14H2,1-2H3/t15-/m1/s1. The van der Waals surface area contributed by atoms with Crippen molar-refractivity contribution in [3.05, 3.63) is 30.5 Å². The molecular formula is C19H28N6O2S. The minimum atomic E-state index is -3.05. The molecule has 9 heteroatoms. The number of aryl methyl sites for hydroxylation is 1. The molecule has 1 atom stereocenters. The topological polar surface area (TPSA) is 84.2 Å². The molecule has 4 heterocycles. The van der Waals surface area contributed by atoms with Crippen molar-refractivity contribution < 1.29 is 8.42 Å². The molecule has 0 N–H and O–H groups in total. The summed E-state index contributed by atoms with van der Waals surface area (Å²) in [4.78, 5) is 16.0. The first-order chi connectivity index (χ1) is 13.4. The molecule has 0 spiro atoms. The lowest BCUT2D eigenvalue weighted by Gasteiger charge is -2.35. The fourth-order valence-corrected chi connectivity index (χ4v) is 5.26. The molecule has 2 aliphatic rings. The van der Waals surface area contributed by atoms with Gasteiger partial charge in [0.1, 0.15) is 5.69 Å². The molecule has 0 aliphatic carbocycles. The molecule has 28 heavy (non-hydrogen) atoms. The third-order valence-electron chi connectivity index (χ3n) is 5.98. The Morgan fingerprint density at radius 2 is 1.86 bits per heavy atom. The van der Waals surface area contributed by atoms with Crippen molar-refractivity contribution in [3.63, 3.8) is 0 Å². The van der Waals surface area contributed by atoms with Gasteiger partial charge in [-0.2, -0.15) is 0 Å². The van der Waals surface area contributed by atoms with Gasteiger partial charge in [-0.3, -0.25) is 9.88 Å². The van der Waals surface area contributed by atoms with E-state index in [0.29, 0.717) is 25.0 Å². The minimum Gasteiger partial charge on any atom is -0.333 e. The van der Waals surface area contributed by atoms with Crippen LogP contribution in [0, 0.1) is 5.92 Å². The number of likely N-dealkylation sites (tertiary alicyclic amines) is 1. The highest BCUT2D eigenvalue weighted by Gasteiger charge is 2.32. The zero-order valence-electron chi connectivity index (χ0n) is 16.5. The number of sulfonamides is 1. The van der Waals surface area contributed by atoms with Crippen LogP contribution in [-0.2, 0) is 23.5 Å². The van der Waals surface area contributed by atoms with Gasteiger partial charge in [-0.25, -0.2) is 22.7 Å². The maximum absolute atomic E-state index is 11.7. The lowest BCUT2D eigenvalue weighted by atomic mass is 10.0. The van der Waals surface area contributed by atoms with E-state index in [9.17, 15) is 8.42 Å². The van der Waals surface area contributed by atoms with Gasteiger partial charge in [-0.15, -0.1) is 0 Å². The number of piperidine rings is 1. The molecule has 2 aromatic heterocycles. The van der Waals surface area contributed by atoms with E-state index in [1.54, 1.807) is 10.5 Å². The lowest BCUT2D eigenvalue weighted by molar-refractivity contribution is 0.163. The van der Waals surface area contributed by atoms with Gasteiger partial charge >= 0.3 is 0 Å². The second-order valence-electron chi connectivity index (χ2n) is 8.00. The van der Waals surface area contributed by atoms with Gasteiger partial charge in [0.25, 0.3) is 0 Å². The largest absolute Gasteiger partial charge is 0.333 e. The zero-order chi connectivity index (χ0) is 19.7. The van der Waals surface area contributed by atoms with Crippen LogP contribution in [-0.4, -0.2) is 75.6 Å².